The maximum Gasteiger partial charge on any atom is 0.150 e. The lowest BCUT2D eigenvalue weighted by atomic mass is 10.4. The van der Waals surface area contributed by atoms with Crippen LogP contribution in [0.1, 0.15) is 26.0 Å². The van der Waals surface area contributed by atoms with Crippen molar-refractivity contribution < 1.29 is 0 Å². The van der Waals surface area contributed by atoms with Gasteiger partial charge < -0.3 is 5.32 Å². The van der Waals surface area contributed by atoms with E-state index in [1.54, 1.807) is 11.3 Å². The van der Waals surface area contributed by atoms with E-state index in [1.807, 2.05) is 18.7 Å². The molecule has 14 heavy (non-hydrogen) atoms. The second-order valence-corrected chi connectivity index (χ2v) is 5.93. The molecule has 1 rings (SSSR count). The third-order valence-corrected chi connectivity index (χ3v) is 3.95. The third kappa shape index (κ3) is 4.44. The molecular formula is C10H18N2S2. The lowest BCUT2D eigenvalue weighted by Gasteiger charge is -2.09. The van der Waals surface area contributed by atoms with Crippen LogP contribution in [0.4, 0.5) is 0 Å². The van der Waals surface area contributed by atoms with Crippen molar-refractivity contribution in [2.75, 3.05) is 13.1 Å². The van der Waals surface area contributed by atoms with Crippen LogP contribution < -0.4 is 5.32 Å². The largest absolute Gasteiger partial charge is 0.316 e. The first-order chi connectivity index (χ1) is 6.72. The van der Waals surface area contributed by atoms with Gasteiger partial charge in [0.2, 0.25) is 0 Å². The van der Waals surface area contributed by atoms with Gasteiger partial charge in [-0.2, -0.15) is 0 Å². The Morgan fingerprint density at radius 2 is 2.43 bits per heavy atom. The first-order valence-electron chi connectivity index (χ1n) is 5.02. The number of aryl methyl sites for hydroxylation is 1. The SMILES string of the molecule is CCCNCC(C)Sc1nc(C)cs1. The Bertz CT molecular complexity index is 260. The van der Waals surface area contributed by atoms with E-state index in [-0.39, 0.29) is 0 Å². The Morgan fingerprint density at radius 1 is 1.64 bits per heavy atom. The number of aromatic nitrogens is 1. The number of rotatable bonds is 6. The Balaban J connectivity index is 2.23. The molecule has 0 saturated heterocycles. The molecule has 1 heterocycles. The van der Waals surface area contributed by atoms with E-state index in [1.165, 1.54) is 10.8 Å². The highest BCUT2D eigenvalue weighted by Gasteiger charge is 2.06. The standard InChI is InChI=1S/C10H18N2S2/c1-4-5-11-6-9(3)14-10-12-8(2)7-13-10/h7,9,11H,4-6H2,1-3H3. The lowest BCUT2D eigenvalue weighted by Crippen LogP contribution is -2.23. The minimum Gasteiger partial charge on any atom is -0.316 e. The summed E-state index contributed by atoms with van der Waals surface area (Å²) in [5, 5.41) is 6.13. The molecule has 0 spiro atoms. The smallest absolute Gasteiger partial charge is 0.150 e. The number of hydrogen-bond donors (Lipinski definition) is 1. The average molecular weight is 230 g/mol. The molecule has 0 saturated carbocycles. The molecule has 0 aromatic carbocycles. The molecule has 0 radical (unpaired) electrons. The fraction of sp³-hybridized carbons (Fsp3) is 0.700. The summed E-state index contributed by atoms with van der Waals surface area (Å²) in [5.74, 6) is 0. The molecule has 1 aromatic rings. The van der Waals surface area contributed by atoms with Crippen molar-refractivity contribution in [3.05, 3.63) is 11.1 Å². The predicted molar refractivity (Wildman–Crippen MR) is 65.3 cm³/mol. The normalized spacial score (nSPS) is 13.1. The van der Waals surface area contributed by atoms with Crippen molar-refractivity contribution in [2.45, 2.75) is 36.8 Å². The molecule has 4 heteroatoms. The van der Waals surface area contributed by atoms with Crippen molar-refractivity contribution in [3.63, 3.8) is 0 Å². The van der Waals surface area contributed by atoms with E-state index < -0.39 is 0 Å². The van der Waals surface area contributed by atoms with E-state index in [0.717, 1.165) is 18.8 Å². The maximum absolute atomic E-state index is 4.43. The van der Waals surface area contributed by atoms with Gasteiger partial charge in [-0.25, -0.2) is 4.98 Å². The highest BCUT2D eigenvalue weighted by Crippen LogP contribution is 2.25. The lowest BCUT2D eigenvalue weighted by molar-refractivity contribution is 0.669. The zero-order valence-electron chi connectivity index (χ0n) is 9.04. The second-order valence-electron chi connectivity index (χ2n) is 3.39. The van der Waals surface area contributed by atoms with Gasteiger partial charge in [0.05, 0.1) is 0 Å². The number of thiazole rings is 1. The van der Waals surface area contributed by atoms with Gasteiger partial charge in [-0.3, -0.25) is 0 Å². The molecule has 1 N–H and O–H groups in total. The topological polar surface area (TPSA) is 24.9 Å². The van der Waals surface area contributed by atoms with Gasteiger partial charge >= 0.3 is 0 Å². The molecule has 2 nitrogen and oxygen atoms in total. The summed E-state index contributed by atoms with van der Waals surface area (Å²) in [5.41, 5.74) is 1.13. The summed E-state index contributed by atoms with van der Waals surface area (Å²) in [6.07, 6.45) is 1.20. The van der Waals surface area contributed by atoms with Crippen molar-refractivity contribution >= 4 is 23.1 Å². The van der Waals surface area contributed by atoms with E-state index in [2.05, 4.69) is 29.5 Å². The predicted octanol–water partition coefficient (Wildman–Crippen LogP) is 2.93. The van der Waals surface area contributed by atoms with Gasteiger partial charge in [0.15, 0.2) is 0 Å². The summed E-state index contributed by atoms with van der Waals surface area (Å²) >= 11 is 3.60. The van der Waals surface area contributed by atoms with Crippen LogP contribution in [0.5, 0.6) is 0 Å². The summed E-state index contributed by atoms with van der Waals surface area (Å²) < 4.78 is 1.19. The Hall–Kier alpha value is -0.0600. The highest BCUT2D eigenvalue weighted by atomic mass is 32.2. The monoisotopic (exact) mass is 230 g/mol. The minimum atomic E-state index is 0.604. The number of thioether (sulfide) groups is 1. The number of hydrogen-bond acceptors (Lipinski definition) is 4. The molecule has 0 fully saturated rings. The Labute approximate surface area is 94.5 Å². The van der Waals surface area contributed by atoms with Crippen molar-refractivity contribution in [2.24, 2.45) is 0 Å². The fourth-order valence-corrected chi connectivity index (χ4v) is 3.20. The van der Waals surface area contributed by atoms with Crippen molar-refractivity contribution in [3.8, 4) is 0 Å². The zero-order chi connectivity index (χ0) is 10.4. The summed E-state index contributed by atoms with van der Waals surface area (Å²) in [6, 6.07) is 0. The molecule has 0 bridgehead atoms. The van der Waals surface area contributed by atoms with Gasteiger partial charge in [0, 0.05) is 22.9 Å². The maximum atomic E-state index is 4.43. The first-order valence-corrected chi connectivity index (χ1v) is 6.77. The van der Waals surface area contributed by atoms with E-state index in [9.17, 15) is 0 Å². The molecule has 1 aromatic heterocycles. The number of nitrogens with one attached hydrogen (secondary N) is 1. The number of nitrogens with zero attached hydrogens (tertiary/aromatic N) is 1. The average Bonchev–Trinajstić information content (AvgIpc) is 2.52. The van der Waals surface area contributed by atoms with Gasteiger partial charge in [-0.15, -0.1) is 11.3 Å². The van der Waals surface area contributed by atoms with Crippen LogP contribution >= 0.6 is 23.1 Å². The van der Waals surface area contributed by atoms with Gasteiger partial charge in [-0.05, 0) is 19.9 Å². The molecule has 80 valence electrons. The minimum absolute atomic E-state index is 0.604. The van der Waals surface area contributed by atoms with E-state index in [4.69, 9.17) is 0 Å². The molecule has 0 aliphatic heterocycles. The van der Waals surface area contributed by atoms with Crippen LogP contribution in [-0.2, 0) is 0 Å². The Morgan fingerprint density at radius 3 is 3.00 bits per heavy atom. The fourth-order valence-electron chi connectivity index (χ4n) is 1.08. The molecule has 1 unspecified atom stereocenters. The molecule has 0 amide bonds. The first kappa shape index (κ1) is 12.0. The summed E-state index contributed by atoms with van der Waals surface area (Å²) in [4.78, 5) is 4.43. The van der Waals surface area contributed by atoms with Crippen LogP contribution in [0, 0.1) is 6.92 Å². The molecule has 1 atom stereocenters. The summed E-state index contributed by atoms with van der Waals surface area (Å²) in [7, 11) is 0. The second kappa shape index (κ2) is 6.43. The quantitative estimate of drug-likeness (QED) is 0.601. The summed E-state index contributed by atoms with van der Waals surface area (Å²) in [6.45, 7) is 8.65. The molecular weight excluding hydrogens is 212 g/mol. The molecule has 0 aliphatic carbocycles. The van der Waals surface area contributed by atoms with Crippen LogP contribution in [-0.4, -0.2) is 23.3 Å². The van der Waals surface area contributed by atoms with Crippen molar-refractivity contribution in [1.82, 2.24) is 10.3 Å². The van der Waals surface area contributed by atoms with Gasteiger partial charge in [0.25, 0.3) is 0 Å². The zero-order valence-corrected chi connectivity index (χ0v) is 10.7. The highest BCUT2D eigenvalue weighted by molar-refractivity contribution is 8.01. The van der Waals surface area contributed by atoms with Gasteiger partial charge in [-0.1, -0.05) is 25.6 Å². The Kier molecular flexibility index (Phi) is 5.52. The van der Waals surface area contributed by atoms with Gasteiger partial charge in [0.1, 0.15) is 4.34 Å². The van der Waals surface area contributed by atoms with E-state index in [0.29, 0.717) is 5.25 Å². The van der Waals surface area contributed by atoms with E-state index >= 15 is 0 Å². The van der Waals surface area contributed by atoms with Crippen LogP contribution in [0.2, 0.25) is 0 Å². The van der Waals surface area contributed by atoms with Crippen LogP contribution in [0.25, 0.3) is 0 Å². The third-order valence-electron chi connectivity index (χ3n) is 1.76. The van der Waals surface area contributed by atoms with Crippen LogP contribution in [0.15, 0.2) is 9.72 Å². The van der Waals surface area contributed by atoms with Crippen LogP contribution in [0.3, 0.4) is 0 Å². The van der Waals surface area contributed by atoms with Crippen molar-refractivity contribution in [1.29, 1.82) is 0 Å². The molecule has 0 aliphatic rings.